The molecule has 1 aromatic heterocycles. The molecule has 0 saturated heterocycles. The predicted molar refractivity (Wildman–Crippen MR) is 73.2 cm³/mol. The average Bonchev–Trinajstić information content (AvgIpc) is 2.65. The molecule has 0 bridgehead atoms. The Labute approximate surface area is 101 Å². The van der Waals surface area contributed by atoms with Gasteiger partial charge in [-0.1, -0.05) is 29.8 Å². The summed E-state index contributed by atoms with van der Waals surface area (Å²) in [5.41, 5.74) is 9.57. The Morgan fingerprint density at radius 2 is 1.76 bits per heavy atom. The van der Waals surface area contributed by atoms with Crippen molar-refractivity contribution in [2.45, 2.75) is 13.5 Å². The largest absolute Gasteiger partial charge is 0.339 e. The summed E-state index contributed by atoms with van der Waals surface area (Å²) >= 11 is 0. The molecule has 0 aliphatic carbocycles. The molecule has 0 radical (unpaired) electrons. The lowest BCUT2D eigenvalue weighted by Crippen LogP contribution is -2.09. The van der Waals surface area contributed by atoms with E-state index in [1.807, 2.05) is 0 Å². The highest BCUT2D eigenvalue weighted by Crippen LogP contribution is 2.29. The van der Waals surface area contributed by atoms with Crippen LogP contribution in [-0.2, 0) is 6.54 Å². The van der Waals surface area contributed by atoms with Crippen LogP contribution in [0.3, 0.4) is 0 Å². The first-order valence-electron chi connectivity index (χ1n) is 5.99. The van der Waals surface area contributed by atoms with Gasteiger partial charge in [-0.3, -0.25) is 0 Å². The number of fused-ring (bicyclic) bond motifs is 3. The lowest BCUT2D eigenvalue weighted by atomic mass is 10.1. The second-order valence-corrected chi connectivity index (χ2v) is 4.48. The van der Waals surface area contributed by atoms with Gasteiger partial charge in [0.05, 0.1) is 0 Å². The maximum atomic E-state index is 5.71. The van der Waals surface area contributed by atoms with Crippen LogP contribution in [0.5, 0.6) is 0 Å². The van der Waals surface area contributed by atoms with Crippen molar-refractivity contribution in [3.63, 3.8) is 0 Å². The third kappa shape index (κ3) is 1.53. The van der Waals surface area contributed by atoms with E-state index in [-0.39, 0.29) is 0 Å². The third-order valence-corrected chi connectivity index (χ3v) is 3.28. The lowest BCUT2D eigenvalue weighted by molar-refractivity contribution is 0.757. The van der Waals surface area contributed by atoms with E-state index in [4.69, 9.17) is 5.73 Å². The number of benzene rings is 2. The molecule has 2 heteroatoms. The molecule has 86 valence electrons. The molecular weight excluding hydrogens is 208 g/mol. The Morgan fingerprint density at radius 1 is 1.00 bits per heavy atom. The fourth-order valence-electron chi connectivity index (χ4n) is 2.54. The number of hydrogen-bond donors (Lipinski definition) is 1. The van der Waals surface area contributed by atoms with Gasteiger partial charge in [0.2, 0.25) is 0 Å². The highest BCUT2D eigenvalue weighted by atomic mass is 15.0. The SMILES string of the molecule is Cc1ccc2c(c1)c1ccccc1n2CCN. The van der Waals surface area contributed by atoms with Crippen molar-refractivity contribution >= 4 is 21.8 Å². The van der Waals surface area contributed by atoms with Crippen molar-refractivity contribution in [1.82, 2.24) is 4.57 Å². The smallest absolute Gasteiger partial charge is 0.0491 e. The first-order valence-corrected chi connectivity index (χ1v) is 5.99. The van der Waals surface area contributed by atoms with Gasteiger partial charge in [0.25, 0.3) is 0 Å². The zero-order valence-corrected chi connectivity index (χ0v) is 9.98. The van der Waals surface area contributed by atoms with Gasteiger partial charge in [-0.25, -0.2) is 0 Å². The van der Waals surface area contributed by atoms with Crippen LogP contribution < -0.4 is 5.73 Å². The van der Waals surface area contributed by atoms with E-state index in [1.165, 1.54) is 27.4 Å². The van der Waals surface area contributed by atoms with Gasteiger partial charge in [0, 0.05) is 34.9 Å². The van der Waals surface area contributed by atoms with Crippen LogP contribution in [0.2, 0.25) is 0 Å². The van der Waals surface area contributed by atoms with Crippen LogP contribution in [0.25, 0.3) is 21.8 Å². The van der Waals surface area contributed by atoms with Crippen LogP contribution >= 0.6 is 0 Å². The minimum atomic E-state index is 0.668. The Hall–Kier alpha value is -1.80. The second kappa shape index (κ2) is 3.90. The molecule has 0 atom stereocenters. The van der Waals surface area contributed by atoms with Crippen molar-refractivity contribution in [2.75, 3.05) is 6.54 Å². The zero-order chi connectivity index (χ0) is 11.8. The number of nitrogens with zero attached hydrogens (tertiary/aromatic N) is 1. The summed E-state index contributed by atoms with van der Waals surface area (Å²) < 4.78 is 2.31. The summed E-state index contributed by atoms with van der Waals surface area (Å²) in [6.45, 7) is 3.67. The fraction of sp³-hybridized carbons (Fsp3) is 0.200. The van der Waals surface area contributed by atoms with Crippen molar-refractivity contribution in [3.05, 3.63) is 48.0 Å². The van der Waals surface area contributed by atoms with Crippen LogP contribution in [0.15, 0.2) is 42.5 Å². The molecule has 0 saturated carbocycles. The molecule has 0 unspecified atom stereocenters. The Bertz CT molecular complexity index is 680. The van der Waals surface area contributed by atoms with Gasteiger partial charge in [-0.05, 0) is 25.1 Å². The topological polar surface area (TPSA) is 30.9 Å². The molecule has 17 heavy (non-hydrogen) atoms. The minimum Gasteiger partial charge on any atom is -0.339 e. The Morgan fingerprint density at radius 3 is 2.59 bits per heavy atom. The predicted octanol–water partition coefficient (Wildman–Crippen LogP) is 3.06. The van der Waals surface area contributed by atoms with Gasteiger partial charge < -0.3 is 10.3 Å². The lowest BCUT2D eigenvalue weighted by Gasteiger charge is -2.04. The third-order valence-electron chi connectivity index (χ3n) is 3.28. The highest BCUT2D eigenvalue weighted by molar-refractivity contribution is 6.08. The van der Waals surface area contributed by atoms with E-state index in [0.717, 1.165) is 6.54 Å². The minimum absolute atomic E-state index is 0.668. The zero-order valence-electron chi connectivity index (χ0n) is 9.98. The summed E-state index contributed by atoms with van der Waals surface area (Å²) in [6.07, 6.45) is 0. The molecule has 0 aliphatic rings. The summed E-state index contributed by atoms with van der Waals surface area (Å²) in [6, 6.07) is 15.1. The van der Waals surface area contributed by atoms with Crippen LogP contribution in [0.4, 0.5) is 0 Å². The van der Waals surface area contributed by atoms with E-state index >= 15 is 0 Å². The molecule has 2 aromatic carbocycles. The van der Waals surface area contributed by atoms with E-state index in [1.54, 1.807) is 0 Å². The first kappa shape index (κ1) is 10.4. The number of nitrogens with two attached hydrogens (primary N) is 1. The normalized spacial score (nSPS) is 11.4. The Balaban J connectivity index is 2.48. The Kier molecular flexibility index (Phi) is 2.37. The number of hydrogen-bond acceptors (Lipinski definition) is 1. The molecule has 3 rings (SSSR count). The number of rotatable bonds is 2. The average molecular weight is 224 g/mol. The summed E-state index contributed by atoms with van der Waals surface area (Å²) in [5, 5.41) is 2.65. The van der Waals surface area contributed by atoms with Crippen molar-refractivity contribution in [2.24, 2.45) is 5.73 Å². The molecular formula is C15H16N2. The van der Waals surface area contributed by atoms with E-state index in [9.17, 15) is 0 Å². The summed E-state index contributed by atoms with van der Waals surface area (Å²) in [7, 11) is 0. The number of aryl methyl sites for hydroxylation is 1. The van der Waals surface area contributed by atoms with E-state index < -0.39 is 0 Å². The molecule has 2 nitrogen and oxygen atoms in total. The molecule has 0 fully saturated rings. The van der Waals surface area contributed by atoms with E-state index in [0.29, 0.717) is 6.54 Å². The summed E-state index contributed by atoms with van der Waals surface area (Å²) in [4.78, 5) is 0. The number of aromatic nitrogens is 1. The molecule has 0 spiro atoms. The van der Waals surface area contributed by atoms with Crippen LogP contribution in [0.1, 0.15) is 5.56 Å². The molecule has 2 N–H and O–H groups in total. The van der Waals surface area contributed by atoms with Gasteiger partial charge in [0.15, 0.2) is 0 Å². The van der Waals surface area contributed by atoms with Gasteiger partial charge >= 0.3 is 0 Å². The molecule has 0 amide bonds. The van der Waals surface area contributed by atoms with E-state index in [2.05, 4.69) is 54.0 Å². The van der Waals surface area contributed by atoms with Crippen LogP contribution in [-0.4, -0.2) is 11.1 Å². The van der Waals surface area contributed by atoms with Crippen LogP contribution in [0, 0.1) is 6.92 Å². The summed E-state index contributed by atoms with van der Waals surface area (Å²) in [5.74, 6) is 0. The maximum Gasteiger partial charge on any atom is 0.0491 e. The highest BCUT2D eigenvalue weighted by Gasteiger charge is 2.08. The molecule has 1 heterocycles. The van der Waals surface area contributed by atoms with Crippen molar-refractivity contribution in [3.8, 4) is 0 Å². The monoisotopic (exact) mass is 224 g/mol. The van der Waals surface area contributed by atoms with Crippen molar-refractivity contribution in [1.29, 1.82) is 0 Å². The molecule has 3 aromatic rings. The van der Waals surface area contributed by atoms with Crippen molar-refractivity contribution < 1.29 is 0 Å². The standard InChI is InChI=1S/C15H16N2/c1-11-6-7-15-13(10-11)12-4-2-3-5-14(12)17(15)9-8-16/h2-7,10H,8-9,16H2,1H3. The fourth-order valence-corrected chi connectivity index (χ4v) is 2.54. The van der Waals surface area contributed by atoms with Gasteiger partial charge in [-0.15, -0.1) is 0 Å². The second-order valence-electron chi connectivity index (χ2n) is 4.48. The molecule has 0 aliphatic heterocycles. The van der Waals surface area contributed by atoms with Gasteiger partial charge in [-0.2, -0.15) is 0 Å². The first-order chi connectivity index (χ1) is 8.31. The van der Waals surface area contributed by atoms with Gasteiger partial charge in [0.1, 0.15) is 0 Å². The quantitative estimate of drug-likeness (QED) is 0.712. The number of para-hydroxylation sites is 1. The maximum absolute atomic E-state index is 5.71.